The number of carbonyl (C=O) groups is 4. The zero-order chi connectivity index (χ0) is 69.0. The van der Waals surface area contributed by atoms with Gasteiger partial charge in [-0.2, -0.15) is 0 Å². The Balaban J connectivity index is 5.27. The van der Waals surface area contributed by atoms with Gasteiger partial charge in [0, 0.05) is 25.7 Å². The van der Waals surface area contributed by atoms with Crippen molar-refractivity contribution in [1.82, 2.24) is 0 Å². The molecule has 3 N–H and O–H groups in total. The quantitative estimate of drug-likeness (QED) is 0.0169. The van der Waals surface area contributed by atoms with E-state index in [1.54, 1.807) is 0 Å². The fourth-order valence-electron chi connectivity index (χ4n) is 11.0. The molecule has 0 radical (unpaired) electrons. The van der Waals surface area contributed by atoms with E-state index in [4.69, 9.17) is 37.0 Å². The maximum absolute atomic E-state index is 13.1. The Morgan fingerprint density at radius 1 is 0.298 bits per heavy atom. The summed E-state index contributed by atoms with van der Waals surface area (Å²) in [7, 11) is -9.92. The molecule has 17 nitrogen and oxygen atoms in total. The predicted octanol–water partition coefficient (Wildman–Crippen LogP) is 21.8. The van der Waals surface area contributed by atoms with Gasteiger partial charge in [-0.3, -0.25) is 37.3 Å². The van der Waals surface area contributed by atoms with Gasteiger partial charge in [0.1, 0.15) is 19.3 Å². The smallest absolute Gasteiger partial charge is 0.462 e. The first-order valence-corrected chi connectivity index (χ1v) is 41.6. The molecule has 94 heavy (non-hydrogen) atoms. The van der Waals surface area contributed by atoms with Crippen LogP contribution in [0.4, 0.5) is 0 Å². The number of ether oxygens (including phenoxy) is 4. The molecule has 0 amide bonds. The minimum absolute atomic E-state index is 0.101. The number of carbonyl (C=O) groups excluding carboxylic acids is 4. The maximum atomic E-state index is 13.1. The van der Waals surface area contributed by atoms with E-state index >= 15 is 0 Å². The molecule has 0 aromatic heterocycles. The highest BCUT2D eigenvalue weighted by atomic mass is 31.2. The highest BCUT2D eigenvalue weighted by molar-refractivity contribution is 7.47. The number of aliphatic hydroxyl groups excluding tert-OH is 1. The van der Waals surface area contributed by atoms with Gasteiger partial charge < -0.3 is 33.8 Å². The summed E-state index contributed by atoms with van der Waals surface area (Å²) in [4.78, 5) is 72.7. The third-order valence-corrected chi connectivity index (χ3v) is 18.8. The van der Waals surface area contributed by atoms with Crippen LogP contribution in [0, 0.1) is 0 Å². The van der Waals surface area contributed by atoms with Crippen molar-refractivity contribution >= 4 is 39.5 Å². The fourth-order valence-corrected chi connectivity index (χ4v) is 12.6. The first-order valence-electron chi connectivity index (χ1n) is 38.6. The number of unbranched alkanes of at least 4 members (excludes halogenated alkanes) is 44. The lowest BCUT2D eigenvalue weighted by atomic mass is 10.0. The summed E-state index contributed by atoms with van der Waals surface area (Å²) in [5.41, 5.74) is 0. The summed E-state index contributed by atoms with van der Waals surface area (Å²) in [5, 5.41) is 10.6. The van der Waals surface area contributed by atoms with Crippen LogP contribution in [0.3, 0.4) is 0 Å². The van der Waals surface area contributed by atoms with Crippen LogP contribution >= 0.6 is 15.6 Å². The van der Waals surface area contributed by atoms with Crippen molar-refractivity contribution < 1.29 is 80.2 Å². The molecule has 0 saturated heterocycles. The summed E-state index contributed by atoms with van der Waals surface area (Å²) in [6.07, 6.45) is 61.6. The Kier molecular flexibility index (Phi) is 67.2. The number of hydrogen-bond acceptors (Lipinski definition) is 15. The average Bonchev–Trinajstić information content (AvgIpc) is 1.22. The van der Waals surface area contributed by atoms with Gasteiger partial charge in [0.05, 0.1) is 26.4 Å². The molecule has 0 aliphatic rings. The van der Waals surface area contributed by atoms with E-state index < -0.39 is 97.5 Å². The van der Waals surface area contributed by atoms with E-state index in [1.165, 1.54) is 173 Å². The van der Waals surface area contributed by atoms with E-state index in [1.807, 2.05) is 0 Å². The number of aliphatic hydroxyl groups is 1. The molecule has 19 heteroatoms. The normalized spacial score (nSPS) is 14.1. The lowest BCUT2D eigenvalue weighted by Gasteiger charge is -2.21. The largest absolute Gasteiger partial charge is 0.472 e. The topological polar surface area (TPSA) is 237 Å². The third-order valence-electron chi connectivity index (χ3n) is 16.9. The Morgan fingerprint density at radius 3 is 0.830 bits per heavy atom. The van der Waals surface area contributed by atoms with E-state index in [0.717, 1.165) is 122 Å². The SMILES string of the molecule is CCC/C=C\C/C=C\CCCCCCCC(=O)OCC(COP(=O)(O)OCC(O)COP(=O)(O)OCC(COC(=O)CCCCCCCCCCCCCCCCC)OC(=O)CCCCCCCCCCCCCCCCC)OC(=O)CCCCCCCCCCCCC. The van der Waals surface area contributed by atoms with Gasteiger partial charge >= 0.3 is 39.5 Å². The van der Waals surface area contributed by atoms with E-state index in [9.17, 15) is 43.2 Å². The average molecular weight is 1380 g/mol. The van der Waals surface area contributed by atoms with E-state index in [2.05, 4.69) is 52.0 Å². The van der Waals surface area contributed by atoms with Crippen LogP contribution in [0.25, 0.3) is 0 Å². The number of rotatable bonds is 74. The number of hydrogen-bond donors (Lipinski definition) is 3. The van der Waals surface area contributed by atoms with Crippen LogP contribution < -0.4 is 0 Å². The molecule has 0 saturated carbocycles. The lowest BCUT2D eigenvalue weighted by Crippen LogP contribution is -2.30. The molecule has 0 aromatic rings. The number of phosphoric ester groups is 2. The van der Waals surface area contributed by atoms with Crippen LogP contribution in [0.2, 0.25) is 0 Å². The minimum Gasteiger partial charge on any atom is -0.462 e. The summed E-state index contributed by atoms with van der Waals surface area (Å²) in [6, 6.07) is 0. The molecular weight excluding hydrogens is 1230 g/mol. The van der Waals surface area contributed by atoms with Gasteiger partial charge in [0.2, 0.25) is 0 Å². The van der Waals surface area contributed by atoms with Crippen molar-refractivity contribution in [2.45, 2.75) is 393 Å². The first kappa shape index (κ1) is 91.5. The molecule has 0 aliphatic heterocycles. The molecule has 5 atom stereocenters. The maximum Gasteiger partial charge on any atom is 0.472 e. The second-order valence-electron chi connectivity index (χ2n) is 26.3. The molecule has 0 fully saturated rings. The van der Waals surface area contributed by atoms with E-state index in [-0.39, 0.29) is 25.7 Å². The van der Waals surface area contributed by atoms with Gasteiger partial charge in [0.25, 0.3) is 0 Å². The van der Waals surface area contributed by atoms with Crippen molar-refractivity contribution in [3.05, 3.63) is 24.3 Å². The van der Waals surface area contributed by atoms with Gasteiger partial charge in [-0.15, -0.1) is 0 Å². The predicted molar refractivity (Wildman–Crippen MR) is 381 cm³/mol. The molecule has 5 unspecified atom stereocenters. The Bertz CT molecular complexity index is 1880. The molecule has 0 bridgehead atoms. The highest BCUT2D eigenvalue weighted by Gasteiger charge is 2.30. The molecule has 0 aliphatic carbocycles. The molecule has 0 rings (SSSR count). The summed E-state index contributed by atoms with van der Waals surface area (Å²) >= 11 is 0. The highest BCUT2D eigenvalue weighted by Crippen LogP contribution is 2.45. The number of esters is 4. The van der Waals surface area contributed by atoms with E-state index in [0.29, 0.717) is 25.7 Å². The van der Waals surface area contributed by atoms with Gasteiger partial charge in [-0.1, -0.05) is 322 Å². The van der Waals surface area contributed by atoms with Crippen molar-refractivity contribution in [2.24, 2.45) is 0 Å². The Morgan fingerprint density at radius 2 is 0.543 bits per heavy atom. The zero-order valence-electron chi connectivity index (χ0n) is 60.4. The molecule has 0 aromatic carbocycles. The van der Waals surface area contributed by atoms with Crippen LogP contribution in [0.15, 0.2) is 24.3 Å². The van der Waals surface area contributed by atoms with Crippen LogP contribution in [-0.2, 0) is 65.4 Å². The van der Waals surface area contributed by atoms with Crippen LogP contribution in [0.5, 0.6) is 0 Å². The first-order chi connectivity index (χ1) is 45.7. The molecule has 0 heterocycles. The second kappa shape index (κ2) is 69.0. The van der Waals surface area contributed by atoms with Crippen LogP contribution in [-0.4, -0.2) is 96.7 Å². The van der Waals surface area contributed by atoms with Crippen LogP contribution in [0.1, 0.15) is 374 Å². The number of allylic oxidation sites excluding steroid dienone is 4. The lowest BCUT2D eigenvalue weighted by molar-refractivity contribution is -0.161. The van der Waals surface area contributed by atoms with Gasteiger partial charge in [0.15, 0.2) is 12.2 Å². The second-order valence-corrected chi connectivity index (χ2v) is 29.2. The zero-order valence-corrected chi connectivity index (χ0v) is 62.2. The summed E-state index contributed by atoms with van der Waals surface area (Å²) in [6.45, 7) is 4.88. The molecular formula is C75H142O17P2. The minimum atomic E-state index is -4.96. The van der Waals surface area contributed by atoms with Crippen molar-refractivity contribution in [1.29, 1.82) is 0 Å². The molecule has 554 valence electrons. The van der Waals surface area contributed by atoms with Gasteiger partial charge in [-0.05, 0) is 51.4 Å². The Hall–Kier alpha value is -2.46. The Labute approximate surface area is 573 Å². The number of phosphoric acid groups is 2. The van der Waals surface area contributed by atoms with Crippen molar-refractivity contribution in [3.8, 4) is 0 Å². The third kappa shape index (κ3) is 68.1. The standard InChI is InChI=1S/C75H142O17P2/c1-5-9-13-17-21-25-29-32-34-37-41-44-48-52-56-60-73(78)86-66-71(92-75(80)62-58-54-50-46-42-38-35-33-30-26-22-18-14-10-6-2)68-90-94(83,84)88-64-69(76)63-87-93(81,82)89-67-70(91-74(79)61-57-53-49-45-39-28-24-20-16-12-8-4)65-85-72(77)59-55-51-47-43-40-36-31-27-23-19-15-11-7-3/h15,19,27,31,69-71,76H,5-14,16-18,20-26,28-30,32-68H2,1-4H3,(H,81,82)(H,83,84)/b19-15-,31-27-. The summed E-state index contributed by atoms with van der Waals surface area (Å²) in [5.74, 6) is -2.14. The van der Waals surface area contributed by atoms with Crippen molar-refractivity contribution in [3.63, 3.8) is 0 Å². The molecule has 0 spiro atoms. The summed E-state index contributed by atoms with van der Waals surface area (Å²) < 4.78 is 68.5. The van der Waals surface area contributed by atoms with Crippen molar-refractivity contribution in [2.75, 3.05) is 39.6 Å². The van der Waals surface area contributed by atoms with Gasteiger partial charge in [-0.25, -0.2) is 9.13 Å². The fraction of sp³-hybridized carbons (Fsp3) is 0.893. The monoisotopic (exact) mass is 1380 g/mol.